The van der Waals surface area contributed by atoms with Crippen molar-refractivity contribution < 1.29 is 17.9 Å². The highest BCUT2D eigenvalue weighted by Gasteiger charge is 2.34. The van der Waals surface area contributed by atoms with Gasteiger partial charge in [0.05, 0.1) is 12.2 Å². The van der Waals surface area contributed by atoms with E-state index in [9.17, 15) is 13.2 Å². The first-order chi connectivity index (χ1) is 6.45. The van der Waals surface area contributed by atoms with Crippen molar-refractivity contribution in [1.29, 1.82) is 0 Å². The molecule has 0 aromatic heterocycles. The third kappa shape index (κ3) is 2.31. The fourth-order valence-electron chi connectivity index (χ4n) is 1.05. The summed E-state index contributed by atoms with van der Waals surface area (Å²) in [6.07, 6.45) is -4.40. The van der Waals surface area contributed by atoms with Gasteiger partial charge in [0.25, 0.3) is 0 Å². The number of nitrogen functional groups attached to an aromatic ring is 1. The smallest absolute Gasteiger partial charge is 0.419 e. The summed E-state index contributed by atoms with van der Waals surface area (Å²) in [4.78, 5) is 0. The Morgan fingerprint density at radius 1 is 1.36 bits per heavy atom. The zero-order valence-electron chi connectivity index (χ0n) is 7.56. The molecule has 0 fully saturated rings. The molecule has 0 spiro atoms. The molecule has 1 rings (SSSR count). The van der Waals surface area contributed by atoms with Gasteiger partial charge < -0.3 is 10.5 Å². The topological polar surface area (TPSA) is 35.2 Å². The number of hydrogen-bond acceptors (Lipinski definition) is 2. The number of hydrogen-bond donors (Lipinski definition) is 1. The molecule has 0 radical (unpaired) electrons. The lowest BCUT2D eigenvalue weighted by molar-refractivity contribution is -0.138. The van der Waals surface area contributed by atoms with Crippen LogP contribution in [0.4, 0.5) is 18.9 Å². The molecule has 0 heterocycles. The second-order valence-electron chi connectivity index (χ2n) is 2.69. The van der Waals surface area contributed by atoms with Gasteiger partial charge >= 0.3 is 6.18 Å². The van der Waals surface area contributed by atoms with Gasteiger partial charge in [-0.25, -0.2) is 0 Å². The minimum atomic E-state index is -4.40. The minimum Gasteiger partial charge on any atom is -0.493 e. The number of ether oxygens (including phenoxy) is 1. The summed E-state index contributed by atoms with van der Waals surface area (Å²) in [7, 11) is 0. The van der Waals surface area contributed by atoms with Crippen molar-refractivity contribution in [3.8, 4) is 5.75 Å². The minimum absolute atomic E-state index is 0.173. The molecule has 0 aliphatic heterocycles. The Morgan fingerprint density at radius 2 is 2.00 bits per heavy atom. The Morgan fingerprint density at radius 3 is 2.50 bits per heavy atom. The molecule has 1 aromatic rings. The summed E-state index contributed by atoms with van der Waals surface area (Å²) in [6.45, 7) is 1.79. The van der Waals surface area contributed by atoms with Gasteiger partial charge in [-0.1, -0.05) is 0 Å². The Bertz CT molecular complexity index is 322. The molecular formula is C9H10F3NO. The van der Waals surface area contributed by atoms with Gasteiger partial charge in [-0.05, 0) is 19.1 Å². The fourth-order valence-corrected chi connectivity index (χ4v) is 1.05. The first-order valence-electron chi connectivity index (χ1n) is 4.04. The Kier molecular flexibility index (Phi) is 2.88. The van der Waals surface area contributed by atoms with Crippen LogP contribution in [0.15, 0.2) is 18.2 Å². The molecule has 14 heavy (non-hydrogen) atoms. The lowest BCUT2D eigenvalue weighted by Crippen LogP contribution is -2.09. The van der Waals surface area contributed by atoms with Gasteiger partial charge in [-0.15, -0.1) is 0 Å². The Balaban J connectivity index is 3.15. The fraction of sp³-hybridized carbons (Fsp3) is 0.333. The molecule has 0 saturated heterocycles. The number of nitrogens with two attached hydrogens (primary N) is 1. The number of halogens is 3. The molecule has 5 heteroatoms. The van der Waals surface area contributed by atoms with E-state index in [1.165, 1.54) is 12.1 Å². The van der Waals surface area contributed by atoms with Crippen molar-refractivity contribution in [2.75, 3.05) is 12.3 Å². The average molecular weight is 205 g/mol. The quantitative estimate of drug-likeness (QED) is 0.753. The average Bonchev–Trinajstić information content (AvgIpc) is 2.02. The third-order valence-corrected chi connectivity index (χ3v) is 1.61. The molecule has 0 unspecified atom stereocenters. The van der Waals surface area contributed by atoms with E-state index in [0.717, 1.165) is 6.07 Å². The SMILES string of the molecule is CCOc1cc(N)ccc1C(F)(F)F. The van der Waals surface area contributed by atoms with Crippen molar-refractivity contribution in [3.63, 3.8) is 0 Å². The van der Waals surface area contributed by atoms with Gasteiger partial charge in [-0.2, -0.15) is 13.2 Å². The first-order valence-corrected chi connectivity index (χ1v) is 4.04. The van der Waals surface area contributed by atoms with Crippen LogP contribution < -0.4 is 10.5 Å². The maximum Gasteiger partial charge on any atom is 0.419 e. The van der Waals surface area contributed by atoms with Crippen LogP contribution in [0.5, 0.6) is 5.75 Å². The lowest BCUT2D eigenvalue weighted by atomic mass is 10.2. The predicted molar refractivity (Wildman–Crippen MR) is 47.0 cm³/mol. The maximum absolute atomic E-state index is 12.4. The van der Waals surface area contributed by atoms with Crippen LogP contribution in [-0.4, -0.2) is 6.61 Å². The van der Waals surface area contributed by atoms with Crippen LogP contribution in [-0.2, 0) is 6.18 Å². The normalized spacial score (nSPS) is 11.4. The Labute approximate surface area is 79.5 Å². The summed E-state index contributed by atoms with van der Waals surface area (Å²) in [5.41, 5.74) is 4.81. The van der Waals surface area contributed by atoms with Crippen molar-refractivity contribution in [1.82, 2.24) is 0 Å². The standard InChI is InChI=1S/C9H10F3NO/c1-2-14-8-5-6(13)3-4-7(8)9(10,11)12/h3-5H,2,13H2,1H3. The van der Waals surface area contributed by atoms with E-state index in [1.807, 2.05) is 0 Å². The van der Waals surface area contributed by atoms with E-state index in [2.05, 4.69) is 0 Å². The van der Waals surface area contributed by atoms with E-state index >= 15 is 0 Å². The van der Waals surface area contributed by atoms with E-state index in [1.54, 1.807) is 6.92 Å². The van der Waals surface area contributed by atoms with Gasteiger partial charge in [0, 0.05) is 11.8 Å². The molecule has 0 aliphatic rings. The van der Waals surface area contributed by atoms with Crippen molar-refractivity contribution in [3.05, 3.63) is 23.8 Å². The number of rotatable bonds is 2. The van der Waals surface area contributed by atoms with Crippen LogP contribution in [0.1, 0.15) is 12.5 Å². The van der Waals surface area contributed by atoms with E-state index in [-0.39, 0.29) is 18.0 Å². The van der Waals surface area contributed by atoms with Crippen LogP contribution in [0, 0.1) is 0 Å². The highest BCUT2D eigenvalue weighted by molar-refractivity contribution is 5.49. The third-order valence-electron chi connectivity index (χ3n) is 1.61. The monoisotopic (exact) mass is 205 g/mol. The molecule has 0 atom stereocenters. The van der Waals surface area contributed by atoms with Gasteiger partial charge in [0.15, 0.2) is 0 Å². The molecule has 0 aliphatic carbocycles. The van der Waals surface area contributed by atoms with E-state index in [4.69, 9.17) is 10.5 Å². The number of benzene rings is 1. The Hall–Kier alpha value is -1.39. The second kappa shape index (κ2) is 3.77. The molecule has 0 bridgehead atoms. The van der Waals surface area contributed by atoms with Crippen LogP contribution in [0.3, 0.4) is 0 Å². The van der Waals surface area contributed by atoms with Gasteiger partial charge in [-0.3, -0.25) is 0 Å². The van der Waals surface area contributed by atoms with Crippen LogP contribution in [0.2, 0.25) is 0 Å². The summed E-state index contributed by atoms with van der Waals surface area (Å²) in [5, 5.41) is 0. The van der Waals surface area contributed by atoms with Crippen LogP contribution >= 0.6 is 0 Å². The molecule has 78 valence electrons. The zero-order chi connectivity index (χ0) is 10.8. The second-order valence-corrected chi connectivity index (χ2v) is 2.69. The summed E-state index contributed by atoms with van der Waals surface area (Å²) in [5.74, 6) is -0.222. The summed E-state index contributed by atoms with van der Waals surface area (Å²) >= 11 is 0. The highest BCUT2D eigenvalue weighted by Crippen LogP contribution is 2.37. The number of anilines is 1. The van der Waals surface area contributed by atoms with Crippen molar-refractivity contribution in [2.24, 2.45) is 0 Å². The van der Waals surface area contributed by atoms with E-state index < -0.39 is 11.7 Å². The predicted octanol–water partition coefficient (Wildman–Crippen LogP) is 2.69. The molecule has 0 amide bonds. The largest absolute Gasteiger partial charge is 0.493 e. The summed E-state index contributed by atoms with van der Waals surface area (Å²) in [6, 6.07) is 3.29. The van der Waals surface area contributed by atoms with Crippen molar-refractivity contribution >= 4 is 5.69 Å². The van der Waals surface area contributed by atoms with Gasteiger partial charge in [0.2, 0.25) is 0 Å². The molecule has 1 aromatic carbocycles. The number of alkyl halides is 3. The van der Waals surface area contributed by atoms with E-state index in [0.29, 0.717) is 0 Å². The van der Waals surface area contributed by atoms with Crippen LogP contribution in [0.25, 0.3) is 0 Å². The lowest BCUT2D eigenvalue weighted by Gasteiger charge is -2.13. The zero-order valence-corrected chi connectivity index (χ0v) is 7.56. The molecule has 2 N–H and O–H groups in total. The highest BCUT2D eigenvalue weighted by atomic mass is 19.4. The molecule has 2 nitrogen and oxygen atoms in total. The molecular weight excluding hydrogens is 195 g/mol. The maximum atomic E-state index is 12.4. The van der Waals surface area contributed by atoms with Crippen molar-refractivity contribution in [2.45, 2.75) is 13.1 Å². The van der Waals surface area contributed by atoms with Gasteiger partial charge in [0.1, 0.15) is 5.75 Å². The first kappa shape index (κ1) is 10.7. The molecule has 0 saturated carbocycles. The summed E-state index contributed by atoms with van der Waals surface area (Å²) < 4.78 is 42.0.